The maximum atomic E-state index is 13.5. The molecule has 1 unspecified atom stereocenters. The van der Waals surface area contributed by atoms with Crippen LogP contribution in [0, 0.1) is 11.6 Å². The lowest BCUT2D eigenvalue weighted by Gasteiger charge is -2.42. The van der Waals surface area contributed by atoms with Crippen LogP contribution in [0.2, 0.25) is 0 Å². The average Bonchev–Trinajstić information content (AvgIpc) is 2.81. The second kappa shape index (κ2) is 8.52. The van der Waals surface area contributed by atoms with Crippen LogP contribution in [0.1, 0.15) is 18.4 Å². The van der Waals surface area contributed by atoms with Crippen molar-refractivity contribution in [3.05, 3.63) is 90.0 Å². The van der Waals surface area contributed by atoms with Crippen LogP contribution < -0.4 is 9.64 Å². The van der Waals surface area contributed by atoms with Crippen molar-refractivity contribution >= 4 is 11.4 Å². The highest BCUT2D eigenvalue weighted by Crippen LogP contribution is 2.39. The topological polar surface area (TPSA) is 35.9 Å². The second-order valence-electron chi connectivity index (χ2n) is 8.63. The van der Waals surface area contributed by atoms with Gasteiger partial charge < -0.3 is 14.7 Å². The molecule has 0 amide bonds. The summed E-state index contributed by atoms with van der Waals surface area (Å²) in [7, 11) is 0. The Balaban J connectivity index is 1.28. The number of rotatable bonds is 4. The highest BCUT2D eigenvalue weighted by molar-refractivity contribution is 5.70. The van der Waals surface area contributed by atoms with Gasteiger partial charge in [-0.1, -0.05) is 24.3 Å². The van der Waals surface area contributed by atoms with E-state index in [0.717, 1.165) is 42.3 Å². The molecule has 0 aliphatic carbocycles. The van der Waals surface area contributed by atoms with Gasteiger partial charge in [-0.05, 0) is 66.9 Å². The van der Waals surface area contributed by atoms with E-state index < -0.39 is 5.60 Å². The molecule has 0 spiro atoms. The van der Waals surface area contributed by atoms with Crippen molar-refractivity contribution in [2.24, 2.45) is 0 Å². The van der Waals surface area contributed by atoms with Crippen molar-refractivity contribution in [2.45, 2.75) is 24.5 Å². The van der Waals surface area contributed by atoms with E-state index in [1.807, 2.05) is 24.3 Å². The van der Waals surface area contributed by atoms with Crippen LogP contribution in [0.5, 0.6) is 5.75 Å². The molecule has 1 fully saturated rings. The monoisotopic (exact) mass is 436 g/mol. The summed E-state index contributed by atoms with van der Waals surface area (Å²) in [6.07, 6.45) is 1.11. The normalized spacial score (nSPS) is 20.5. The van der Waals surface area contributed by atoms with E-state index in [9.17, 15) is 13.9 Å². The zero-order valence-electron chi connectivity index (χ0n) is 17.8. The van der Waals surface area contributed by atoms with Crippen LogP contribution in [-0.2, 0) is 5.60 Å². The van der Waals surface area contributed by atoms with E-state index in [0.29, 0.717) is 19.4 Å². The minimum absolute atomic E-state index is 0.0630. The van der Waals surface area contributed by atoms with Gasteiger partial charge in [0.1, 0.15) is 23.5 Å². The predicted molar refractivity (Wildman–Crippen MR) is 120 cm³/mol. The summed E-state index contributed by atoms with van der Waals surface area (Å²) >= 11 is 0. The maximum absolute atomic E-state index is 13.5. The fraction of sp³-hybridized carbons (Fsp3) is 0.308. The summed E-state index contributed by atoms with van der Waals surface area (Å²) in [6, 6.07) is 20.6. The molecule has 5 rings (SSSR count). The number of hydrogen-bond donors (Lipinski definition) is 1. The number of nitrogens with zero attached hydrogens (tertiary/aromatic N) is 2. The minimum atomic E-state index is -0.926. The number of benzene rings is 3. The highest BCUT2D eigenvalue weighted by Gasteiger charge is 2.36. The molecule has 1 saturated heterocycles. The van der Waals surface area contributed by atoms with Crippen molar-refractivity contribution in [3.63, 3.8) is 0 Å². The van der Waals surface area contributed by atoms with Gasteiger partial charge in [-0.25, -0.2) is 8.78 Å². The maximum Gasteiger partial charge on any atom is 0.143 e. The van der Waals surface area contributed by atoms with Gasteiger partial charge in [-0.15, -0.1) is 0 Å². The summed E-state index contributed by atoms with van der Waals surface area (Å²) in [5.41, 5.74) is 1.74. The van der Waals surface area contributed by atoms with Gasteiger partial charge >= 0.3 is 0 Å². The van der Waals surface area contributed by atoms with Gasteiger partial charge in [0.2, 0.25) is 0 Å². The standard InChI is InChI=1S/C26H26F2N2O2/c27-20-7-5-19(6-8-20)26(31)13-15-29(16-14-26)17-23-18-30(22-11-9-21(28)10-12-22)24-3-1-2-4-25(24)32-23/h1-12,23,31H,13-18H2. The summed E-state index contributed by atoms with van der Waals surface area (Å²) < 4.78 is 33.0. The molecule has 0 bridgehead atoms. The average molecular weight is 437 g/mol. The van der Waals surface area contributed by atoms with Crippen molar-refractivity contribution < 1.29 is 18.6 Å². The Morgan fingerprint density at radius 2 is 1.50 bits per heavy atom. The molecule has 3 aromatic rings. The van der Waals surface area contributed by atoms with Gasteiger partial charge in [-0.3, -0.25) is 4.90 Å². The highest BCUT2D eigenvalue weighted by atomic mass is 19.1. The van der Waals surface area contributed by atoms with Gasteiger partial charge in [0.25, 0.3) is 0 Å². The summed E-state index contributed by atoms with van der Waals surface area (Å²) in [4.78, 5) is 4.47. The molecule has 1 atom stereocenters. The van der Waals surface area contributed by atoms with Gasteiger partial charge in [-0.2, -0.15) is 0 Å². The summed E-state index contributed by atoms with van der Waals surface area (Å²) in [5.74, 6) is 0.261. The predicted octanol–water partition coefficient (Wildman–Crippen LogP) is 4.85. The first-order valence-electron chi connectivity index (χ1n) is 11.0. The number of halogens is 2. The number of hydrogen-bond acceptors (Lipinski definition) is 4. The van der Waals surface area contributed by atoms with Gasteiger partial charge in [0.05, 0.1) is 17.8 Å². The fourth-order valence-electron chi connectivity index (χ4n) is 4.70. The Morgan fingerprint density at radius 1 is 0.875 bits per heavy atom. The Bertz CT molecular complexity index is 1060. The van der Waals surface area contributed by atoms with Crippen LogP contribution in [-0.4, -0.2) is 42.3 Å². The number of piperidine rings is 1. The molecule has 4 nitrogen and oxygen atoms in total. The minimum Gasteiger partial charge on any atom is -0.485 e. The van der Waals surface area contributed by atoms with Crippen LogP contribution in [0.3, 0.4) is 0 Å². The molecule has 1 N–H and O–H groups in total. The molecule has 32 heavy (non-hydrogen) atoms. The first-order valence-corrected chi connectivity index (χ1v) is 11.0. The number of ether oxygens (including phenoxy) is 1. The Hall–Kier alpha value is -2.96. The van der Waals surface area contributed by atoms with Crippen molar-refractivity contribution in [1.82, 2.24) is 4.90 Å². The van der Waals surface area contributed by atoms with E-state index in [2.05, 4.69) is 9.80 Å². The van der Waals surface area contributed by atoms with Crippen molar-refractivity contribution in [2.75, 3.05) is 31.1 Å². The number of fused-ring (bicyclic) bond motifs is 1. The molecule has 0 saturated carbocycles. The van der Waals surface area contributed by atoms with E-state index in [1.54, 1.807) is 24.3 Å². The fourth-order valence-corrected chi connectivity index (χ4v) is 4.70. The van der Waals surface area contributed by atoms with Crippen LogP contribution in [0.15, 0.2) is 72.8 Å². The van der Waals surface area contributed by atoms with Crippen molar-refractivity contribution in [3.8, 4) is 5.75 Å². The molecule has 166 valence electrons. The molecular formula is C26H26F2N2O2. The molecule has 2 aliphatic rings. The molecule has 0 radical (unpaired) electrons. The third-order valence-corrected chi connectivity index (χ3v) is 6.50. The van der Waals surface area contributed by atoms with E-state index in [4.69, 9.17) is 4.74 Å². The van der Waals surface area contributed by atoms with Crippen LogP contribution in [0.25, 0.3) is 0 Å². The number of aliphatic hydroxyl groups is 1. The molecular weight excluding hydrogens is 410 g/mol. The Kier molecular flexibility index (Phi) is 5.57. The zero-order valence-corrected chi connectivity index (χ0v) is 17.8. The van der Waals surface area contributed by atoms with Crippen LogP contribution >= 0.6 is 0 Å². The lowest BCUT2D eigenvalue weighted by Crippen LogP contribution is -2.49. The molecule has 3 aromatic carbocycles. The van der Waals surface area contributed by atoms with Gasteiger partial charge in [0.15, 0.2) is 0 Å². The third-order valence-electron chi connectivity index (χ3n) is 6.50. The Morgan fingerprint density at radius 3 is 2.19 bits per heavy atom. The first-order chi connectivity index (χ1) is 15.5. The summed E-state index contributed by atoms with van der Waals surface area (Å²) in [6.45, 7) is 2.84. The molecule has 2 heterocycles. The quantitative estimate of drug-likeness (QED) is 0.635. The third kappa shape index (κ3) is 4.20. The number of likely N-dealkylation sites (tertiary alicyclic amines) is 1. The van der Waals surface area contributed by atoms with E-state index in [-0.39, 0.29) is 17.7 Å². The summed E-state index contributed by atoms with van der Waals surface area (Å²) in [5, 5.41) is 11.1. The number of anilines is 2. The van der Waals surface area contributed by atoms with E-state index >= 15 is 0 Å². The zero-order chi connectivity index (χ0) is 22.1. The van der Waals surface area contributed by atoms with E-state index in [1.165, 1.54) is 24.3 Å². The second-order valence-corrected chi connectivity index (χ2v) is 8.63. The lowest BCUT2D eigenvalue weighted by atomic mass is 9.84. The SMILES string of the molecule is OC1(c2ccc(F)cc2)CCN(CC2CN(c3ccc(F)cc3)c3ccccc3O2)CC1. The van der Waals surface area contributed by atoms with Gasteiger partial charge in [0, 0.05) is 25.3 Å². The molecule has 2 aliphatic heterocycles. The smallest absolute Gasteiger partial charge is 0.143 e. The largest absolute Gasteiger partial charge is 0.485 e. The first kappa shape index (κ1) is 20.9. The number of para-hydroxylation sites is 2. The lowest BCUT2D eigenvalue weighted by molar-refractivity contribution is -0.0325. The van der Waals surface area contributed by atoms with Crippen LogP contribution in [0.4, 0.5) is 20.2 Å². The van der Waals surface area contributed by atoms with Crippen molar-refractivity contribution in [1.29, 1.82) is 0 Å². The molecule has 0 aromatic heterocycles. The molecule has 6 heteroatoms. The Labute approximate surface area is 186 Å².